The molecule has 2 rings (SSSR count). The van der Waals surface area contributed by atoms with E-state index in [1.165, 1.54) is 0 Å². The lowest BCUT2D eigenvalue weighted by atomic mass is 9.88. The van der Waals surface area contributed by atoms with Crippen LogP contribution in [-0.4, -0.2) is 34.0 Å². The quantitative estimate of drug-likeness (QED) is 0.679. The van der Waals surface area contributed by atoms with Gasteiger partial charge in [-0.15, -0.1) is 0 Å². The molecule has 1 atom stereocenters. The van der Waals surface area contributed by atoms with Gasteiger partial charge in [-0.25, -0.2) is 13.1 Å². The minimum absolute atomic E-state index is 0.00495. The molecule has 1 amide bonds. The number of nitrogens with one attached hydrogen (secondary N) is 3. The molecule has 1 aliphatic heterocycles. The molecule has 0 bridgehead atoms. The summed E-state index contributed by atoms with van der Waals surface area (Å²) >= 11 is 0. The highest BCUT2D eigenvalue weighted by molar-refractivity contribution is 7.89. The lowest BCUT2D eigenvalue weighted by Crippen LogP contribution is -2.49. The molecule has 3 N–H and O–H groups in total. The molecule has 7 heteroatoms. The number of rotatable bonds is 7. The average molecular weight is 325 g/mol. The molecule has 0 aliphatic carbocycles. The zero-order valence-electron chi connectivity index (χ0n) is 12.9. The molecule has 0 saturated carbocycles. The van der Waals surface area contributed by atoms with Gasteiger partial charge in [0.1, 0.15) is 0 Å². The molecule has 22 heavy (non-hydrogen) atoms. The van der Waals surface area contributed by atoms with Crippen LogP contribution in [0, 0.1) is 11.8 Å². The smallest absolute Gasteiger partial charge is 0.240 e. The van der Waals surface area contributed by atoms with E-state index in [-0.39, 0.29) is 16.7 Å². The van der Waals surface area contributed by atoms with Crippen LogP contribution < -0.4 is 15.4 Å². The van der Waals surface area contributed by atoms with Crippen molar-refractivity contribution in [3.63, 3.8) is 0 Å². The summed E-state index contributed by atoms with van der Waals surface area (Å²) in [4.78, 5) is 12.3. The monoisotopic (exact) mass is 325 g/mol. The van der Waals surface area contributed by atoms with Crippen molar-refractivity contribution in [3.8, 4) is 0 Å². The SMILES string of the molecule is CCNS(=O)(=O)c1ccc(CNC(=O)C(C)C2CNC2)cc1. The lowest BCUT2D eigenvalue weighted by molar-refractivity contribution is -0.126. The van der Waals surface area contributed by atoms with E-state index in [2.05, 4.69) is 15.4 Å². The highest BCUT2D eigenvalue weighted by atomic mass is 32.2. The maximum atomic E-state index is 12.0. The summed E-state index contributed by atoms with van der Waals surface area (Å²) in [5.74, 6) is 0.443. The second kappa shape index (κ2) is 7.21. The third-order valence-corrected chi connectivity index (χ3v) is 5.53. The van der Waals surface area contributed by atoms with Gasteiger partial charge in [-0.05, 0) is 36.7 Å². The fourth-order valence-corrected chi connectivity index (χ4v) is 3.33. The van der Waals surface area contributed by atoms with E-state index >= 15 is 0 Å². The van der Waals surface area contributed by atoms with Crippen molar-refractivity contribution in [3.05, 3.63) is 29.8 Å². The fraction of sp³-hybridized carbons (Fsp3) is 0.533. The van der Waals surface area contributed by atoms with E-state index in [0.717, 1.165) is 18.7 Å². The van der Waals surface area contributed by atoms with E-state index in [0.29, 0.717) is 19.0 Å². The first kappa shape index (κ1) is 16.9. The molecule has 0 radical (unpaired) electrons. The molecule has 0 spiro atoms. The number of hydrogen-bond acceptors (Lipinski definition) is 4. The van der Waals surface area contributed by atoms with Crippen LogP contribution in [0.4, 0.5) is 0 Å². The van der Waals surface area contributed by atoms with Gasteiger partial charge in [0.25, 0.3) is 0 Å². The molecule has 1 aliphatic rings. The number of amides is 1. The van der Waals surface area contributed by atoms with Gasteiger partial charge < -0.3 is 10.6 Å². The number of benzene rings is 1. The van der Waals surface area contributed by atoms with Gasteiger partial charge in [0, 0.05) is 19.0 Å². The Morgan fingerprint density at radius 1 is 1.32 bits per heavy atom. The van der Waals surface area contributed by atoms with Crippen LogP contribution in [0.5, 0.6) is 0 Å². The molecular formula is C15H23N3O3S. The van der Waals surface area contributed by atoms with Crippen LogP contribution in [0.1, 0.15) is 19.4 Å². The van der Waals surface area contributed by atoms with E-state index < -0.39 is 10.0 Å². The van der Waals surface area contributed by atoms with Crippen LogP contribution in [0.2, 0.25) is 0 Å². The number of carbonyl (C=O) groups is 1. The van der Waals surface area contributed by atoms with Crippen molar-refractivity contribution in [1.29, 1.82) is 0 Å². The Morgan fingerprint density at radius 3 is 2.45 bits per heavy atom. The summed E-state index contributed by atoms with van der Waals surface area (Å²) in [6.45, 7) is 6.23. The maximum Gasteiger partial charge on any atom is 0.240 e. The highest BCUT2D eigenvalue weighted by Crippen LogP contribution is 2.16. The first-order valence-electron chi connectivity index (χ1n) is 7.51. The summed E-state index contributed by atoms with van der Waals surface area (Å²) in [5.41, 5.74) is 0.878. The molecule has 1 aromatic rings. The minimum Gasteiger partial charge on any atom is -0.352 e. The van der Waals surface area contributed by atoms with Crippen molar-refractivity contribution in [2.75, 3.05) is 19.6 Å². The number of hydrogen-bond donors (Lipinski definition) is 3. The van der Waals surface area contributed by atoms with Gasteiger partial charge in [0.2, 0.25) is 15.9 Å². The zero-order valence-corrected chi connectivity index (χ0v) is 13.7. The van der Waals surface area contributed by atoms with Crippen molar-refractivity contribution in [1.82, 2.24) is 15.4 Å². The van der Waals surface area contributed by atoms with E-state index in [9.17, 15) is 13.2 Å². The van der Waals surface area contributed by atoms with Crippen LogP contribution >= 0.6 is 0 Å². The summed E-state index contributed by atoms with van der Waals surface area (Å²) in [6.07, 6.45) is 0. The van der Waals surface area contributed by atoms with E-state index in [4.69, 9.17) is 0 Å². The molecule has 1 aromatic carbocycles. The van der Waals surface area contributed by atoms with Crippen LogP contribution in [0.3, 0.4) is 0 Å². The third-order valence-electron chi connectivity index (χ3n) is 3.97. The van der Waals surface area contributed by atoms with Crippen molar-refractivity contribution in [2.45, 2.75) is 25.3 Å². The van der Waals surface area contributed by atoms with Crippen LogP contribution in [0.25, 0.3) is 0 Å². The topological polar surface area (TPSA) is 87.3 Å². The van der Waals surface area contributed by atoms with Gasteiger partial charge in [0.15, 0.2) is 0 Å². The summed E-state index contributed by atoms with van der Waals surface area (Å²) in [7, 11) is -3.42. The van der Waals surface area contributed by atoms with Gasteiger partial charge >= 0.3 is 0 Å². The lowest BCUT2D eigenvalue weighted by Gasteiger charge is -2.31. The first-order chi connectivity index (χ1) is 10.4. The predicted octanol–water partition coefficient (Wildman–Crippen LogP) is 0.457. The maximum absolute atomic E-state index is 12.0. The van der Waals surface area contributed by atoms with Crippen LogP contribution in [0.15, 0.2) is 29.2 Å². The van der Waals surface area contributed by atoms with Crippen molar-refractivity contribution < 1.29 is 13.2 Å². The van der Waals surface area contributed by atoms with E-state index in [1.807, 2.05) is 6.92 Å². The first-order valence-corrected chi connectivity index (χ1v) is 8.99. The van der Waals surface area contributed by atoms with Crippen LogP contribution in [-0.2, 0) is 21.4 Å². The second-order valence-electron chi connectivity index (χ2n) is 5.57. The molecule has 1 fully saturated rings. The number of sulfonamides is 1. The average Bonchev–Trinajstić information content (AvgIpc) is 2.43. The largest absolute Gasteiger partial charge is 0.352 e. The molecular weight excluding hydrogens is 302 g/mol. The molecule has 1 unspecified atom stereocenters. The van der Waals surface area contributed by atoms with Gasteiger partial charge in [0.05, 0.1) is 4.90 Å². The normalized spacial score (nSPS) is 16.8. The molecule has 1 saturated heterocycles. The Bertz CT molecular complexity index is 609. The van der Waals surface area contributed by atoms with Gasteiger partial charge in [-0.3, -0.25) is 4.79 Å². The van der Waals surface area contributed by atoms with E-state index in [1.54, 1.807) is 31.2 Å². The van der Waals surface area contributed by atoms with Gasteiger partial charge in [-0.2, -0.15) is 0 Å². The number of carbonyl (C=O) groups excluding carboxylic acids is 1. The third kappa shape index (κ3) is 4.06. The van der Waals surface area contributed by atoms with Crippen molar-refractivity contribution in [2.24, 2.45) is 11.8 Å². The summed E-state index contributed by atoms with van der Waals surface area (Å²) < 4.78 is 26.1. The molecule has 1 heterocycles. The standard InChI is InChI=1S/C15H23N3O3S/c1-3-18-22(20,21)14-6-4-12(5-7-14)8-17-15(19)11(2)13-9-16-10-13/h4-7,11,13,16,18H,3,8-10H2,1-2H3,(H,17,19). The molecule has 6 nitrogen and oxygen atoms in total. The Balaban J connectivity index is 1.90. The fourth-order valence-electron chi connectivity index (χ4n) is 2.29. The molecule has 122 valence electrons. The summed E-state index contributed by atoms with van der Waals surface area (Å²) in [5, 5.41) is 6.06. The Kier molecular flexibility index (Phi) is 5.55. The highest BCUT2D eigenvalue weighted by Gasteiger charge is 2.28. The minimum atomic E-state index is -3.42. The predicted molar refractivity (Wildman–Crippen MR) is 84.7 cm³/mol. The zero-order chi connectivity index (χ0) is 16.2. The van der Waals surface area contributed by atoms with Crippen molar-refractivity contribution >= 4 is 15.9 Å². The Hall–Kier alpha value is -1.44. The summed E-state index contributed by atoms with van der Waals surface area (Å²) in [6, 6.07) is 6.55. The molecule has 0 aromatic heterocycles. The second-order valence-corrected chi connectivity index (χ2v) is 7.34. The van der Waals surface area contributed by atoms with Gasteiger partial charge in [-0.1, -0.05) is 26.0 Å². The Labute approximate surface area is 131 Å². The Morgan fingerprint density at radius 2 is 1.95 bits per heavy atom.